The third-order valence-electron chi connectivity index (χ3n) is 6.97. The molecule has 174 valence electrons. The number of nitrogens with two attached hydrogens (primary N) is 1. The molecule has 33 heavy (non-hydrogen) atoms. The van der Waals surface area contributed by atoms with E-state index in [0.29, 0.717) is 23.3 Å². The monoisotopic (exact) mass is 450 g/mol. The van der Waals surface area contributed by atoms with Crippen LogP contribution in [0.2, 0.25) is 0 Å². The van der Waals surface area contributed by atoms with Gasteiger partial charge < -0.3 is 20.9 Å². The molecule has 1 unspecified atom stereocenters. The number of fused-ring (bicyclic) bond motifs is 5. The minimum absolute atomic E-state index is 0.188. The van der Waals surface area contributed by atoms with Crippen molar-refractivity contribution in [1.82, 2.24) is 5.32 Å². The van der Waals surface area contributed by atoms with Crippen molar-refractivity contribution in [2.75, 3.05) is 5.73 Å². The lowest BCUT2D eigenvalue weighted by Gasteiger charge is -2.42. The Kier molecular flexibility index (Phi) is 5.47. The van der Waals surface area contributed by atoms with Crippen LogP contribution in [-0.4, -0.2) is 22.8 Å². The summed E-state index contributed by atoms with van der Waals surface area (Å²) in [6, 6.07) is 10.5. The highest BCUT2D eigenvalue weighted by molar-refractivity contribution is 6.16. The standard InChI is InChI=1S/C26H30N2O5/c1-5-8-21(29)28-25-17-12-11-15(14(3)4)13-20(17)33-26(25,16(6-2)24(31)32)18-9-7-10-19(27)22(18)23(25)30/h7,9-14,16H,5-6,8,27H2,1-4H3,(H,28,29)(H,31,32)/t16?,25-,26-/m1/s1. The highest BCUT2D eigenvalue weighted by Crippen LogP contribution is 2.64. The van der Waals surface area contributed by atoms with Gasteiger partial charge in [0.1, 0.15) is 11.7 Å². The molecule has 0 saturated heterocycles. The van der Waals surface area contributed by atoms with Crippen LogP contribution in [0, 0.1) is 5.92 Å². The number of carboxylic acids is 1. The van der Waals surface area contributed by atoms with Gasteiger partial charge in [-0.25, -0.2) is 0 Å². The highest BCUT2D eigenvalue weighted by atomic mass is 16.5. The second kappa shape index (κ2) is 7.90. The smallest absolute Gasteiger partial charge is 0.311 e. The summed E-state index contributed by atoms with van der Waals surface area (Å²) >= 11 is 0. The number of hydrogen-bond acceptors (Lipinski definition) is 5. The van der Waals surface area contributed by atoms with Gasteiger partial charge in [0, 0.05) is 23.2 Å². The van der Waals surface area contributed by atoms with Crippen molar-refractivity contribution in [2.45, 2.75) is 64.0 Å². The minimum atomic E-state index is -1.72. The van der Waals surface area contributed by atoms with Crippen molar-refractivity contribution >= 4 is 23.3 Å². The van der Waals surface area contributed by atoms with Crippen LogP contribution in [0.4, 0.5) is 5.69 Å². The lowest BCUT2D eigenvalue weighted by Crippen LogP contribution is -2.64. The van der Waals surface area contributed by atoms with Crippen LogP contribution in [0.3, 0.4) is 0 Å². The van der Waals surface area contributed by atoms with E-state index < -0.39 is 28.8 Å². The molecule has 2 aromatic rings. The molecule has 3 atom stereocenters. The second-order valence-corrected chi connectivity index (χ2v) is 9.19. The van der Waals surface area contributed by atoms with Crippen molar-refractivity contribution in [1.29, 1.82) is 0 Å². The molecule has 0 bridgehead atoms. The van der Waals surface area contributed by atoms with E-state index in [2.05, 4.69) is 5.32 Å². The quantitative estimate of drug-likeness (QED) is 0.547. The maximum Gasteiger partial charge on any atom is 0.311 e. The molecule has 0 spiro atoms. The van der Waals surface area contributed by atoms with Crippen LogP contribution in [0.25, 0.3) is 0 Å². The van der Waals surface area contributed by atoms with E-state index in [0.717, 1.165) is 5.56 Å². The van der Waals surface area contributed by atoms with Gasteiger partial charge in [-0.3, -0.25) is 14.4 Å². The molecule has 1 aliphatic carbocycles. The molecule has 0 aromatic heterocycles. The maximum atomic E-state index is 14.2. The Balaban J connectivity index is 2.11. The predicted molar refractivity (Wildman–Crippen MR) is 124 cm³/mol. The number of carbonyl (C=O) groups excluding carboxylic acids is 2. The lowest BCUT2D eigenvalue weighted by molar-refractivity contribution is -0.155. The summed E-state index contributed by atoms with van der Waals surface area (Å²) in [5.41, 5.74) is 5.17. The molecule has 1 aliphatic heterocycles. The molecular weight excluding hydrogens is 420 g/mol. The Hall–Kier alpha value is -3.35. The number of carbonyl (C=O) groups is 3. The van der Waals surface area contributed by atoms with E-state index in [1.54, 1.807) is 31.2 Å². The first-order valence-electron chi connectivity index (χ1n) is 11.5. The largest absolute Gasteiger partial charge is 0.481 e. The molecule has 7 nitrogen and oxygen atoms in total. The zero-order chi connectivity index (χ0) is 24.1. The van der Waals surface area contributed by atoms with Crippen LogP contribution in [0.1, 0.15) is 79.9 Å². The van der Waals surface area contributed by atoms with Gasteiger partial charge in [-0.2, -0.15) is 0 Å². The minimum Gasteiger partial charge on any atom is -0.481 e. The fourth-order valence-electron chi connectivity index (χ4n) is 5.48. The Bertz CT molecular complexity index is 1160. The Morgan fingerprint density at radius 2 is 1.88 bits per heavy atom. The van der Waals surface area contributed by atoms with Crippen molar-refractivity contribution in [3.8, 4) is 5.75 Å². The van der Waals surface area contributed by atoms with Crippen LogP contribution >= 0.6 is 0 Å². The number of Topliss-reactive ketones (excluding diaryl/α,β-unsaturated/α-hetero) is 1. The second-order valence-electron chi connectivity index (χ2n) is 9.19. The van der Waals surface area contributed by atoms with Gasteiger partial charge in [-0.15, -0.1) is 0 Å². The van der Waals surface area contributed by atoms with E-state index in [4.69, 9.17) is 10.5 Å². The topological polar surface area (TPSA) is 119 Å². The summed E-state index contributed by atoms with van der Waals surface area (Å²) in [7, 11) is 0. The van der Waals surface area contributed by atoms with Crippen molar-refractivity contribution in [3.63, 3.8) is 0 Å². The molecule has 1 amide bonds. The molecule has 2 aliphatic rings. The van der Waals surface area contributed by atoms with E-state index >= 15 is 0 Å². The van der Waals surface area contributed by atoms with E-state index in [1.807, 2.05) is 32.9 Å². The van der Waals surface area contributed by atoms with Crippen LogP contribution < -0.4 is 15.8 Å². The first-order chi connectivity index (χ1) is 15.6. The number of nitrogen functional groups attached to an aromatic ring is 1. The molecule has 0 radical (unpaired) electrons. The Morgan fingerprint density at radius 3 is 2.48 bits per heavy atom. The zero-order valence-corrected chi connectivity index (χ0v) is 19.4. The average Bonchev–Trinajstić information content (AvgIpc) is 3.14. The number of anilines is 1. The molecule has 0 saturated carbocycles. The normalized spacial score (nSPS) is 23.5. The fourth-order valence-corrected chi connectivity index (χ4v) is 5.48. The summed E-state index contributed by atoms with van der Waals surface area (Å²) in [5, 5.41) is 13.3. The van der Waals surface area contributed by atoms with E-state index in [-0.39, 0.29) is 35.9 Å². The van der Waals surface area contributed by atoms with Crippen molar-refractivity contribution in [2.24, 2.45) is 5.92 Å². The molecule has 4 rings (SSSR count). The number of ketones is 1. The van der Waals surface area contributed by atoms with Gasteiger partial charge in [0.05, 0.1) is 5.56 Å². The molecular formula is C26H30N2O5. The molecule has 7 heteroatoms. The first kappa shape index (κ1) is 22.8. The van der Waals surface area contributed by atoms with Gasteiger partial charge in [-0.1, -0.05) is 52.0 Å². The van der Waals surface area contributed by atoms with Crippen molar-refractivity contribution in [3.05, 3.63) is 58.7 Å². The predicted octanol–water partition coefficient (Wildman–Crippen LogP) is 4.10. The van der Waals surface area contributed by atoms with E-state index in [1.165, 1.54) is 0 Å². The SMILES string of the molecule is CCCC(=O)N[C@]12C(=O)c3c(N)cccc3[C@@]1(C(CC)C(=O)O)Oc1cc(C(C)C)ccc12. The van der Waals surface area contributed by atoms with Gasteiger partial charge in [-0.05, 0) is 36.5 Å². The fraction of sp³-hybridized carbons (Fsp3) is 0.423. The summed E-state index contributed by atoms with van der Waals surface area (Å²) in [6.45, 7) is 7.69. The number of hydrogen-bond donors (Lipinski definition) is 3. The molecule has 1 heterocycles. The van der Waals surface area contributed by atoms with Gasteiger partial charge in [0.15, 0.2) is 16.9 Å². The zero-order valence-electron chi connectivity index (χ0n) is 19.4. The van der Waals surface area contributed by atoms with E-state index in [9.17, 15) is 19.5 Å². The first-order valence-corrected chi connectivity index (χ1v) is 11.5. The number of aliphatic carboxylic acids is 1. The summed E-state index contributed by atoms with van der Waals surface area (Å²) in [5.74, 6) is -2.38. The third-order valence-corrected chi connectivity index (χ3v) is 6.97. The molecule has 0 fully saturated rings. The number of amides is 1. The maximum absolute atomic E-state index is 14.2. The van der Waals surface area contributed by atoms with Crippen LogP contribution in [0.5, 0.6) is 5.75 Å². The van der Waals surface area contributed by atoms with Crippen LogP contribution in [-0.2, 0) is 20.7 Å². The number of nitrogens with one attached hydrogen (secondary N) is 1. The van der Waals surface area contributed by atoms with Gasteiger partial charge >= 0.3 is 5.97 Å². The highest BCUT2D eigenvalue weighted by Gasteiger charge is 2.75. The van der Waals surface area contributed by atoms with Crippen molar-refractivity contribution < 1.29 is 24.2 Å². The van der Waals surface area contributed by atoms with Gasteiger partial charge in [0.2, 0.25) is 5.91 Å². The lowest BCUT2D eigenvalue weighted by atomic mass is 9.68. The number of rotatable bonds is 7. The summed E-state index contributed by atoms with van der Waals surface area (Å²) in [6.07, 6.45) is 0.960. The van der Waals surface area contributed by atoms with Crippen LogP contribution in [0.15, 0.2) is 36.4 Å². The Labute approximate surface area is 193 Å². The summed E-state index contributed by atoms with van der Waals surface area (Å²) in [4.78, 5) is 39.9. The third kappa shape index (κ3) is 2.91. The number of carboxylic acid groups (broad SMARTS) is 1. The van der Waals surface area contributed by atoms with Gasteiger partial charge in [0.25, 0.3) is 0 Å². The average molecular weight is 451 g/mol. The molecule has 2 aromatic carbocycles. The number of ether oxygens (including phenoxy) is 1. The summed E-state index contributed by atoms with van der Waals surface area (Å²) < 4.78 is 6.59. The Morgan fingerprint density at radius 1 is 1.15 bits per heavy atom. The molecule has 4 N–H and O–H groups in total. The number of benzene rings is 2.